The maximum atomic E-state index is 12.3. The second kappa shape index (κ2) is 8.86. The van der Waals surface area contributed by atoms with Gasteiger partial charge in [0.2, 0.25) is 10.0 Å². The van der Waals surface area contributed by atoms with Crippen molar-refractivity contribution in [2.75, 3.05) is 19.4 Å². The third kappa shape index (κ3) is 5.31. The summed E-state index contributed by atoms with van der Waals surface area (Å²) in [6.07, 6.45) is 5.06. The molecule has 9 heteroatoms. The van der Waals surface area contributed by atoms with Gasteiger partial charge >= 0.3 is 5.97 Å². The van der Waals surface area contributed by atoms with Gasteiger partial charge in [-0.25, -0.2) is 12.7 Å². The van der Waals surface area contributed by atoms with Gasteiger partial charge in [-0.2, -0.15) is 0 Å². The molecule has 0 fully saturated rings. The highest BCUT2D eigenvalue weighted by molar-refractivity contribution is 7.89. The summed E-state index contributed by atoms with van der Waals surface area (Å²) in [4.78, 5) is 24.3. The molecule has 1 N–H and O–H groups in total. The van der Waals surface area contributed by atoms with E-state index in [1.54, 1.807) is 0 Å². The van der Waals surface area contributed by atoms with Gasteiger partial charge in [-0.3, -0.25) is 9.59 Å². The molecule has 1 aliphatic carbocycles. The van der Waals surface area contributed by atoms with E-state index in [1.807, 2.05) is 12.2 Å². The maximum Gasteiger partial charge on any atom is 0.310 e. The second-order valence-electron chi connectivity index (χ2n) is 6.48. The second-order valence-corrected chi connectivity index (χ2v) is 9.01. The fourth-order valence-corrected chi connectivity index (χ4v) is 3.94. The van der Waals surface area contributed by atoms with Crippen LogP contribution >= 0.6 is 11.6 Å². The van der Waals surface area contributed by atoms with Crippen LogP contribution < -0.4 is 5.32 Å². The molecule has 1 aromatic rings. The molecular weight excluding hydrogens is 392 g/mol. The van der Waals surface area contributed by atoms with Crippen LogP contribution in [0.4, 0.5) is 5.69 Å². The predicted molar refractivity (Wildman–Crippen MR) is 103 cm³/mol. The van der Waals surface area contributed by atoms with E-state index in [2.05, 4.69) is 5.32 Å². The number of carbonyl (C=O) groups is 2. The molecule has 7 nitrogen and oxygen atoms in total. The highest BCUT2D eigenvalue weighted by Gasteiger charge is 2.26. The van der Waals surface area contributed by atoms with Crippen molar-refractivity contribution < 1.29 is 22.7 Å². The number of hydrogen-bond donors (Lipinski definition) is 1. The fraction of sp³-hybridized carbons (Fsp3) is 0.444. The number of esters is 1. The molecule has 0 aliphatic heterocycles. The quantitative estimate of drug-likeness (QED) is 0.570. The molecular formula is C18H23ClN2O5S. The molecule has 0 bridgehead atoms. The molecule has 0 heterocycles. The van der Waals surface area contributed by atoms with Crippen LogP contribution in [-0.2, 0) is 24.3 Å². The minimum absolute atomic E-state index is 0.0477. The summed E-state index contributed by atoms with van der Waals surface area (Å²) in [5.74, 6) is -1.20. The molecule has 1 aliphatic rings. The van der Waals surface area contributed by atoms with Gasteiger partial charge in [-0.15, -0.1) is 0 Å². The van der Waals surface area contributed by atoms with Crippen molar-refractivity contribution in [2.24, 2.45) is 5.92 Å². The van der Waals surface area contributed by atoms with Crippen LogP contribution in [0.2, 0.25) is 5.02 Å². The number of nitrogens with zero attached hydrogens (tertiary/aromatic N) is 1. The Kier molecular flexibility index (Phi) is 7.02. The summed E-state index contributed by atoms with van der Waals surface area (Å²) >= 11 is 5.99. The number of carbonyl (C=O) groups excluding carboxylic acids is 2. The normalized spacial score (nSPS) is 18.2. The zero-order chi connectivity index (χ0) is 20.2. The molecule has 0 saturated heterocycles. The number of nitrogens with one attached hydrogen (secondary N) is 1. The van der Waals surface area contributed by atoms with E-state index >= 15 is 0 Å². The molecule has 0 radical (unpaired) electrons. The minimum atomic E-state index is -3.76. The topological polar surface area (TPSA) is 92.8 Å². The van der Waals surface area contributed by atoms with E-state index in [1.165, 1.54) is 39.2 Å². The van der Waals surface area contributed by atoms with E-state index in [9.17, 15) is 18.0 Å². The first-order chi connectivity index (χ1) is 12.6. The molecule has 2 atom stereocenters. The van der Waals surface area contributed by atoms with E-state index in [0.29, 0.717) is 12.8 Å². The summed E-state index contributed by atoms with van der Waals surface area (Å²) in [5.41, 5.74) is 0.244. The Hall–Kier alpha value is -1.90. The van der Waals surface area contributed by atoms with Crippen molar-refractivity contribution in [1.29, 1.82) is 0 Å². The summed E-state index contributed by atoms with van der Waals surface area (Å²) < 4.78 is 30.9. The monoisotopic (exact) mass is 414 g/mol. The van der Waals surface area contributed by atoms with Gasteiger partial charge in [0.25, 0.3) is 5.91 Å². The van der Waals surface area contributed by atoms with Crippen LogP contribution in [0.25, 0.3) is 0 Å². The first-order valence-electron chi connectivity index (χ1n) is 8.51. The number of anilines is 1. The highest BCUT2D eigenvalue weighted by Crippen LogP contribution is 2.27. The number of halogens is 1. The zero-order valence-electron chi connectivity index (χ0n) is 15.4. The summed E-state index contributed by atoms with van der Waals surface area (Å²) in [7, 11) is -0.986. The molecule has 1 aromatic carbocycles. The van der Waals surface area contributed by atoms with Crippen molar-refractivity contribution in [2.45, 2.75) is 37.2 Å². The average Bonchev–Trinajstić information content (AvgIpc) is 2.63. The Bertz CT molecular complexity index is 851. The summed E-state index contributed by atoms with van der Waals surface area (Å²) in [6.45, 7) is 1.47. The molecule has 1 amide bonds. The van der Waals surface area contributed by atoms with Gasteiger partial charge in [0.15, 0.2) is 6.10 Å². The maximum absolute atomic E-state index is 12.3. The zero-order valence-corrected chi connectivity index (χ0v) is 17.0. The van der Waals surface area contributed by atoms with E-state index in [-0.39, 0.29) is 21.5 Å². The van der Waals surface area contributed by atoms with Gasteiger partial charge in [-0.1, -0.05) is 23.8 Å². The van der Waals surface area contributed by atoms with E-state index < -0.39 is 28.0 Å². The van der Waals surface area contributed by atoms with Gasteiger partial charge in [0.05, 0.1) is 10.9 Å². The van der Waals surface area contributed by atoms with Gasteiger partial charge < -0.3 is 10.1 Å². The van der Waals surface area contributed by atoms with E-state index in [4.69, 9.17) is 16.3 Å². The van der Waals surface area contributed by atoms with Crippen LogP contribution in [0.3, 0.4) is 0 Å². The average molecular weight is 415 g/mol. The third-order valence-corrected chi connectivity index (χ3v) is 6.52. The predicted octanol–water partition coefficient (Wildman–Crippen LogP) is 2.82. The summed E-state index contributed by atoms with van der Waals surface area (Å²) in [6, 6.07) is 4.14. The van der Waals surface area contributed by atoms with Gasteiger partial charge in [0.1, 0.15) is 4.90 Å². The Balaban J connectivity index is 2.06. The smallest absolute Gasteiger partial charge is 0.310 e. The van der Waals surface area contributed by atoms with Crippen LogP contribution in [0.1, 0.15) is 26.2 Å². The van der Waals surface area contributed by atoms with Crippen LogP contribution in [-0.4, -0.2) is 44.8 Å². The Labute approximate surface area is 164 Å². The number of hydrogen-bond acceptors (Lipinski definition) is 5. The molecule has 0 aromatic heterocycles. The third-order valence-electron chi connectivity index (χ3n) is 4.22. The lowest BCUT2D eigenvalue weighted by molar-refractivity contribution is -0.157. The van der Waals surface area contributed by atoms with E-state index in [0.717, 1.165) is 10.7 Å². The Morgan fingerprint density at radius 2 is 2.00 bits per heavy atom. The summed E-state index contributed by atoms with van der Waals surface area (Å²) in [5, 5.41) is 2.60. The Morgan fingerprint density at radius 3 is 2.59 bits per heavy atom. The van der Waals surface area contributed by atoms with Crippen molar-refractivity contribution in [3.8, 4) is 0 Å². The van der Waals surface area contributed by atoms with Crippen LogP contribution in [0.5, 0.6) is 0 Å². The molecule has 0 saturated carbocycles. The lowest BCUT2D eigenvalue weighted by Crippen LogP contribution is -2.32. The van der Waals surface area contributed by atoms with Crippen molar-refractivity contribution in [3.63, 3.8) is 0 Å². The Morgan fingerprint density at radius 1 is 1.30 bits per heavy atom. The van der Waals surface area contributed by atoms with Crippen molar-refractivity contribution in [3.05, 3.63) is 35.4 Å². The fourth-order valence-electron chi connectivity index (χ4n) is 2.55. The number of ether oxygens (including phenoxy) is 1. The van der Waals surface area contributed by atoms with Crippen molar-refractivity contribution >= 4 is 39.2 Å². The number of sulfonamides is 1. The largest absolute Gasteiger partial charge is 0.452 e. The van der Waals surface area contributed by atoms with Crippen LogP contribution in [0, 0.1) is 5.92 Å². The number of rotatable bonds is 6. The van der Waals surface area contributed by atoms with Crippen molar-refractivity contribution in [1.82, 2.24) is 4.31 Å². The minimum Gasteiger partial charge on any atom is -0.452 e. The molecule has 148 valence electrons. The van der Waals surface area contributed by atoms with Gasteiger partial charge in [0, 0.05) is 19.8 Å². The number of allylic oxidation sites excluding steroid dienone is 2. The van der Waals surface area contributed by atoms with Gasteiger partial charge in [-0.05, 0) is 44.4 Å². The standard InChI is InChI=1S/C18H23ClN2O5S/c1-12(26-18(23)13-7-5-4-6-8-13)17(22)20-14-9-10-15(19)16(11-14)27(24,25)21(2)3/h4-5,9-13H,6-8H2,1-3H3,(H,20,22)/t12-,13-/m0/s1. The number of amides is 1. The highest BCUT2D eigenvalue weighted by atomic mass is 35.5. The first kappa shape index (κ1) is 21.4. The van der Waals surface area contributed by atoms with Crippen LogP contribution in [0.15, 0.2) is 35.2 Å². The molecule has 0 unspecified atom stereocenters. The molecule has 27 heavy (non-hydrogen) atoms. The lowest BCUT2D eigenvalue weighted by atomic mass is 9.95. The molecule has 0 spiro atoms. The first-order valence-corrected chi connectivity index (χ1v) is 10.3. The SMILES string of the molecule is C[C@H](OC(=O)[C@H]1CC=CCC1)C(=O)Nc1ccc(Cl)c(S(=O)(=O)N(C)C)c1. The molecule has 2 rings (SSSR count). The number of benzene rings is 1. The lowest BCUT2D eigenvalue weighted by Gasteiger charge is -2.20.